The lowest BCUT2D eigenvalue weighted by atomic mass is 10.1. The van der Waals surface area contributed by atoms with Gasteiger partial charge in [0.2, 0.25) is 0 Å². The highest BCUT2D eigenvalue weighted by Gasteiger charge is 2.26. The van der Waals surface area contributed by atoms with Crippen LogP contribution in [0.3, 0.4) is 0 Å². The van der Waals surface area contributed by atoms with Crippen molar-refractivity contribution in [1.82, 2.24) is 0 Å². The fourth-order valence-electron chi connectivity index (χ4n) is 2.36. The fourth-order valence-corrected chi connectivity index (χ4v) is 2.36. The van der Waals surface area contributed by atoms with Crippen LogP contribution in [-0.2, 0) is 11.2 Å². The number of carbonyl (C=O) groups is 1. The zero-order chi connectivity index (χ0) is 13.1. The summed E-state index contributed by atoms with van der Waals surface area (Å²) in [6.45, 7) is 1.93. The largest absolute Gasteiger partial charge is 0.479 e. The van der Waals surface area contributed by atoms with E-state index in [1.807, 2.05) is 13.0 Å². The van der Waals surface area contributed by atoms with Crippen LogP contribution in [0.1, 0.15) is 43.4 Å². The minimum Gasteiger partial charge on any atom is -0.479 e. The van der Waals surface area contributed by atoms with Crippen LogP contribution in [-0.4, -0.2) is 22.3 Å². The van der Waals surface area contributed by atoms with Crippen LogP contribution in [0.5, 0.6) is 5.75 Å². The minimum absolute atomic E-state index is 0.446. The van der Waals surface area contributed by atoms with Gasteiger partial charge in [0.05, 0.1) is 6.10 Å². The van der Waals surface area contributed by atoms with Crippen molar-refractivity contribution in [2.24, 2.45) is 0 Å². The second kappa shape index (κ2) is 5.40. The Morgan fingerprint density at radius 2 is 2.33 bits per heavy atom. The monoisotopic (exact) mass is 250 g/mol. The molecule has 0 amide bonds. The van der Waals surface area contributed by atoms with Crippen molar-refractivity contribution in [3.63, 3.8) is 0 Å². The first-order chi connectivity index (χ1) is 8.63. The van der Waals surface area contributed by atoms with Crippen molar-refractivity contribution in [2.75, 3.05) is 0 Å². The number of carboxylic acid groups (broad SMARTS) is 1. The summed E-state index contributed by atoms with van der Waals surface area (Å²) in [5, 5.41) is 18.9. The normalized spacial score (nSPS) is 19.3. The Labute approximate surface area is 106 Å². The SMILES string of the molecule is CCCC(Oc1cccc2c1CCC2O)C(=O)O. The van der Waals surface area contributed by atoms with Crippen molar-refractivity contribution in [3.05, 3.63) is 29.3 Å². The average molecular weight is 250 g/mol. The molecule has 1 aliphatic carbocycles. The van der Waals surface area contributed by atoms with Crippen LogP contribution in [0.25, 0.3) is 0 Å². The number of rotatable bonds is 5. The minimum atomic E-state index is -0.937. The molecule has 0 saturated heterocycles. The van der Waals surface area contributed by atoms with Gasteiger partial charge in [-0.15, -0.1) is 0 Å². The molecule has 2 rings (SSSR count). The third-order valence-electron chi connectivity index (χ3n) is 3.29. The maximum atomic E-state index is 11.1. The molecular formula is C14H18O4. The number of hydrogen-bond donors (Lipinski definition) is 2. The van der Waals surface area contributed by atoms with E-state index >= 15 is 0 Å². The van der Waals surface area contributed by atoms with Crippen LogP contribution >= 0.6 is 0 Å². The Bertz CT molecular complexity index is 441. The van der Waals surface area contributed by atoms with Gasteiger partial charge in [-0.3, -0.25) is 0 Å². The van der Waals surface area contributed by atoms with Gasteiger partial charge >= 0.3 is 5.97 Å². The van der Waals surface area contributed by atoms with Gasteiger partial charge in [-0.2, -0.15) is 0 Å². The van der Waals surface area contributed by atoms with Gasteiger partial charge in [0.15, 0.2) is 6.10 Å². The Balaban J connectivity index is 2.22. The Kier molecular flexibility index (Phi) is 3.87. The second-order valence-corrected chi connectivity index (χ2v) is 4.61. The zero-order valence-corrected chi connectivity index (χ0v) is 10.4. The number of aliphatic hydroxyl groups is 1. The maximum absolute atomic E-state index is 11.1. The highest BCUT2D eigenvalue weighted by atomic mass is 16.5. The summed E-state index contributed by atoms with van der Waals surface area (Å²) in [5.41, 5.74) is 1.82. The van der Waals surface area contributed by atoms with Gasteiger partial charge in [0, 0.05) is 5.56 Å². The third kappa shape index (κ3) is 2.48. The number of ether oxygens (including phenoxy) is 1. The third-order valence-corrected chi connectivity index (χ3v) is 3.29. The van der Waals surface area contributed by atoms with Crippen LogP contribution < -0.4 is 4.74 Å². The Hall–Kier alpha value is -1.55. The number of aliphatic carboxylic acids is 1. The topological polar surface area (TPSA) is 66.8 Å². The molecule has 0 aliphatic heterocycles. The summed E-state index contributed by atoms with van der Waals surface area (Å²) in [5.74, 6) is -0.335. The maximum Gasteiger partial charge on any atom is 0.344 e. The predicted octanol–water partition coefficient (Wildman–Crippen LogP) is 2.30. The Morgan fingerprint density at radius 3 is 3.00 bits per heavy atom. The lowest BCUT2D eigenvalue weighted by Gasteiger charge is -2.17. The van der Waals surface area contributed by atoms with E-state index in [1.165, 1.54) is 0 Å². The van der Waals surface area contributed by atoms with Crippen molar-refractivity contribution in [3.8, 4) is 5.75 Å². The zero-order valence-electron chi connectivity index (χ0n) is 10.4. The van der Waals surface area contributed by atoms with Gasteiger partial charge < -0.3 is 14.9 Å². The van der Waals surface area contributed by atoms with E-state index in [2.05, 4.69) is 0 Å². The molecule has 2 atom stereocenters. The van der Waals surface area contributed by atoms with E-state index in [0.29, 0.717) is 18.6 Å². The Morgan fingerprint density at radius 1 is 1.56 bits per heavy atom. The molecule has 2 unspecified atom stereocenters. The number of fused-ring (bicyclic) bond motifs is 1. The molecule has 0 radical (unpaired) electrons. The number of carboxylic acids is 1. The molecule has 18 heavy (non-hydrogen) atoms. The quantitative estimate of drug-likeness (QED) is 0.841. The van der Waals surface area contributed by atoms with Crippen LogP contribution in [0.2, 0.25) is 0 Å². The van der Waals surface area contributed by atoms with E-state index in [0.717, 1.165) is 24.0 Å². The summed E-state index contributed by atoms with van der Waals surface area (Å²) in [4.78, 5) is 11.1. The molecule has 4 nitrogen and oxygen atoms in total. The molecule has 0 bridgehead atoms. The summed E-state index contributed by atoms with van der Waals surface area (Å²) in [6.07, 6.45) is 1.42. The smallest absolute Gasteiger partial charge is 0.344 e. The van der Waals surface area contributed by atoms with E-state index in [4.69, 9.17) is 9.84 Å². The summed E-state index contributed by atoms with van der Waals surface area (Å²) in [7, 11) is 0. The van der Waals surface area contributed by atoms with E-state index in [9.17, 15) is 9.90 Å². The van der Waals surface area contributed by atoms with Gasteiger partial charge in [0.25, 0.3) is 0 Å². The summed E-state index contributed by atoms with van der Waals surface area (Å²) in [6, 6.07) is 5.45. The number of aliphatic hydroxyl groups excluding tert-OH is 1. The van der Waals surface area contributed by atoms with E-state index in [-0.39, 0.29) is 0 Å². The van der Waals surface area contributed by atoms with Gasteiger partial charge in [-0.05, 0) is 30.9 Å². The van der Waals surface area contributed by atoms with Crippen molar-refractivity contribution >= 4 is 5.97 Å². The van der Waals surface area contributed by atoms with Gasteiger partial charge in [-0.25, -0.2) is 4.79 Å². The lowest BCUT2D eigenvalue weighted by Crippen LogP contribution is -2.27. The highest BCUT2D eigenvalue weighted by molar-refractivity contribution is 5.72. The predicted molar refractivity (Wildman–Crippen MR) is 66.7 cm³/mol. The first kappa shape index (κ1) is 12.9. The summed E-state index contributed by atoms with van der Waals surface area (Å²) < 4.78 is 5.60. The molecule has 1 aromatic carbocycles. The van der Waals surface area contributed by atoms with Gasteiger partial charge in [0.1, 0.15) is 5.75 Å². The van der Waals surface area contributed by atoms with Crippen LogP contribution in [0, 0.1) is 0 Å². The number of benzene rings is 1. The molecule has 4 heteroatoms. The molecule has 1 aromatic rings. The first-order valence-corrected chi connectivity index (χ1v) is 6.32. The number of hydrogen-bond acceptors (Lipinski definition) is 3. The second-order valence-electron chi connectivity index (χ2n) is 4.61. The molecule has 0 saturated carbocycles. The van der Waals surface area contributed by atoms with Crippen molar-refractivity contribution in [1.29, 1.82) is 0 Å². The fraction of sp³-hybridized carbons (Fsp3) is 0.500. The molecule has 0 fully saturated rings. The molecular weight excluding hydrogens is 232 g/mol. The first-order valence-electron chi connectivity index (χ1n) is 6.32. The van der Waals surface area contributed by atoms with E-state index in [1.54, 1.807) is 12.1 Å². The standard InChI is InChI=1S/C14H18O4/c1-2-4-13(14(16)17)18-12-6-3-5-9-10(12)7-8-11(9)15/h3,5-6,11,13,15H,2,4,7-8H2,1H3,(H,16,17). The molecule has 0 aromatic heterocycles. The molecule has 98 valence electrons. The van der Waals surface area contributed by atoms with Crippen molar-refractivity contribution < 1.29 is 19.7 Å². The molecule has 0 spiro atoms. The van der Waals surface area contributed by atoms with Crippen molar-refractivity contribution in [2.45, 2.75) is 44.8 Å². The highest BCUT2D eigenvalue weighted by Crippen LogP contribution is 2.37. The molecule has 2 N–H and O–H groups in total. The van der Waals surface area contributed by atoms with E-state index < -0.39 is 18.2 Å². The summed E-state index contributed by atoms with van der Waals surface area (Å²) >= 11 is 0. The average Bonchev–Trinajstić information content (AvgIpc) is 2.72. The van der Waals surface area contributed by atoms with Crippen LogP contribution in [0.15, 0.2) is 18.2 Å². The van der Waals surface area contributed by atoms with Crippen LogP contribution in [0.4, 0.5) is 0 Å². The van der Waals surface area contributed by atoms with Gasteiger partial charge in [-0.1, -0.05) is 25.5 Å². The lowest BCUT2D eigenvalue weighted by molar-refractivity contribution is -0.145. The molecule has 1 aliphatic rings. The molecule has 0 heterocycles.